The number of imidazole rings is 1. The maximum atomic E-state index is 12.4. The molecule has 0 aliphatic carbocycles. The largest absolute Gasteiger partial charge is 0.488 e. The fourth-order valence-corrected chi connectivity index (χ4v) is 2.59. The van der Waals surface area contributed by atoms with Crippen LogP contribution in [-0.4, -0.2) is 27.7 Å². The van der Waals surface area contributed by atoms with Crippen LogP contribution < -0.4 is 21.9 Å². The molecule has 0 atom stereocenters. The fourth-order valence-electron chi connectivity index (χ4n) is 2.59. The zero-order chi connectivity index (χ0) is 18.5. The molecule has 0 fully saturated rings. The number of nitrogens with one attached hydrogen (secondary N) is 1. The molecule has 136 valence electrons. The average Bonchev–Trinajstić information content (AvgIpc) is 2.92. The lowest BCUT2D eigenvalue weighted by Gasteiger charge is -2.12. The van der Waals surface area contributed by atoms with E-state index < -0.39 is 0 Å². The summed E-state index contributed by atoms with van der Waals surface area (Å²) in [5.41, 5.74) is 13.2. The number of allylic oxidation sites excluding steroid dienone is 4. The second-order valence-corrected chi connectivity index (χ2v) is 5.66. The van der Waals surface area contributed by atoms with Crippen molar-refractivity contribution in [3.05, 3.63) is 65.0 Å². The van der Waals surface area contributed by atoms with E-state index >= 15 is 0 Å². The van der Waals surface area contributed by atoms with E-state index in [-0.39, 0.29) is 18.1 Å². The number of H-pyrrole nitrogens is 1. The maximum Gasteiger partial charge on any atom is 0.326 e. The molecule has 0 amide bonds. The van der Waals surface area contributed by atoms with E-state index in [0.717, 1.165) is 0 Å². The summed E-state index contributed by atoms with van der Waals surface area (Å²) in [7, 11) is 0. The molecule has 1 aliphatic heterocycles. The quantitative estimate of drug-likeness (QED) is 0.555. The maximum absolute atomic E-state index is 12.4. The molecule has 0 radical (unpaired) electrons. The lowest BCUT2D eigenvalue weighted by atomic mass is 10.3. The molecule has 5 N–H and O–H groups in total. The van der Waals surface area contributed by atoms with E-state index in [0.29, 0.717) is 48.0 Å². The van der Waals surface area contributed by atoms with Crippen LogP contribution in [0, 0.1) is 0 Å². The van der Waals surface area contributed by atoms with Gasteiger partial charge in [-0.2, -0.15) is 4.98 Å². The molecule has 0 unspecified atom stereocenters. The Bertz CT molecular complexity index is 965. The highest BCUT2D eigenvalue weighted by molar-refractivity contribution is 5.85. The van der Waals surface area contributed by atoms with Gasteiger partial charge in [0.25, 0.3) is 0 Å². The first-order valence-corrected chi connectivity index (χ1v) is 8.17. The van der Waals surface area contributed by atoms with Gasteiger partial charge < -0.3 is 25.9 Å². The van der Waals surface area contributed by atoms with Gasteiger partial charge in [0, 0.05) is 6.07 Å². The van der Waals surface area contributed by atoms with Crippen LogP contribution in [0.1, 0.15) is 6.42 Å². The van der Waals surface area contributed by atoms with Crippen LogP contribution in [0.5, 0.6) is 5.88 Å². The van der Waals surface area contributed by atoms with Crippen molar-refractivity contribution in [1.29, 1.82) is 0 Å². The summed E-state index contributed by atoms with van der Waals surface area (Å²) in [4.78, 5) is 19.3. The normalized spacial score (nSPS) is 19.8. The van der Waals surface area contributed by atoms with E-state index in [1.165, 1.54) is 4.57 Å². The van der Waals surface area contributed by atoms with Crippen LogP contribution in [-0.2, 0) is 11.3 Å². The van der Waals surface area contributed by atoms with Crippen LogP contribution in [0.25, 0.3) is 11.0 Å². The highest BCUT2D eigenvalue weighted by atomic mass is 16.5. The number of nitrogen functional groups attached to an aromatic ring is 1. The Hall–Kier alpha value is -3.42. The van der Waals surface area contributed by atoms with Crippen molar-refractivity contribution in [1.82, 2.24) is 14.5 Å². The van der Waals surface area contributed by atoms with Crippen molar-refractivity contribution in [3.8, 4) is 5.88 Å². The monoisotopic (exact) mass is 355 g/mol. The Morgan fingerprint density at radius 2 is 2.15 bits per heavy atom. The molecule has 3 rings (SSSR count). The Balaban J connectivity index is 2.13. The van der Waals surface area contributed by atoms with Crippen LogP contribution in [0.4, 0.5) is 5.82 Å². The second kappa shape index (κ2) is 7.64. The molecular formula is C18H21N5O3. The van der Waals surface area contributed by atoms with Crippen molar-refractivity contribution < 1.29 is 9.47 Å². The Kier molecular flexibility index (Phi) is 5.12. The van der Waals surface area contributed by atoms with Gasteiger partial charge in [0.15, 0.2) is 5.82 Å². The Labute approximate surface area is 150 Å². The lowest BCUT2D eigenvalue weighted by Crippen LogP contribution is -2.21. The molecule has 0 saturated carbocycles. The molecule has 0 spiro atoms. The predicted octanol–water partition coefficient (Wildman–Crippen LogP) is 1.57. The standard InChI is InChI=1S/C18H21N5O3/c1-2-3-7-14-12(19)11-23-13-10-15(26-9-6-4-5-8-25-14)21-17(20)16(13)22-18(23)24/h2-5,7,10H,1,6,8-9,11,19H2,(H2,20,21)(H,22,24)/b5-4+,7-3-,14-12+. The Morgan fingerprint density at radius 1 is 1.31 bits per heavy atom. The average molecular weight is 355 g/mol. The number of aromatic amines is 1. The first-order valence-electron chi connectivity index (χ1n) is 8.17. The van der Waals surface area contributed by atoms with Gasteiger partial charge in [0.1, 0.15) is 17.9 Å². The van der Waals surface area contributed by atoms with E-state index in [4.69, 9.17) is 20.9 Å². The number of pyridine rings is 1. The fraction of sp³-hybridized carbons (Fsp3) is 0.222. The molecule has 8 nitrogen and oxygen atoms in total. The van der Waals surface area contributed by atoms with Crippen LogP contribution in [0.2, 0.25) is 0 Å². The van der Waals surface area contributed by atoms with Crippen LogP contribution >= 0.6 is 0 Å². The summed E-state index contributed by atoms with van der Waals surface area (Å²) in [6.07, 6.45) is 9.57. The molecule has 2 bridgehead atoms. The highest BCUT2D eigenvalue weighted by Gasteiger charge is 2.15. The Morgan fingerprint density at radius 3 is 2.96 bits per heavy atom. The molecule has 8 heteroatoms. The molecule has 26 heavy (non-hydrogen) atoms. The number of aromatic nitrogens is 3. The topological polar surface area (TPSA) is 121 Å². The molecule has 2 aromatic rings. The summed E-state index contributed by atoms with van der Waals surface area (Å²) < 4.78 is 12.8. The van der Waals surface area contributed by atoms with Crippen molar-refractivity contribution in [3.63, 3.8) is 0 Å². The molecule has 0 aromatic carbocycles. The van der Waals surface area contributed by atoms with Crippen molar-refractivity contribution in [2.24, 2.45) is 5.73 Å². The van der Waals surface area contributed by atoms with Gasteiger partial charge in [-0.1, -0.05) is 30.9 Å². The van der Waals surface area contributed by atoms with Crippen molar-refractivity contribution >= 4 is 16.9 Å². The summed E-state index contributed by atoms with van der Waals surface area (Å²) >= 11 is 0. The van der Waals surface area contributed by atoms with E-state index in [9.17, 15) is 4.79 Å². The van der Waals surface area contributed by atoms with Gasteiger partial charge in [0.05, 0.1) is 24.4 Å². The second-order valence-electron chi connectivity index (χ2n) is 5.66. The van der Waals surface area contributed by atoms with Gasteiger partial charge in [-0.25, -0.2) is 4.79 Å². The van der Waals surface area contributed by atoms with Gasteiger partial charge in [-0.15, -0.1) is 0 Å². The van der Waals surface area contributed by atoms with Crippen LogP contribution in [0.3, 0.4) is 0 Å². The summed E-state index contributed by atoms with van der Waals surface area (Å²) in [6.45, 7) is 4.56. The number of hydrogen-bond acceptors (Lipinski definition) is 6. The summed E-state index contributed by atoms with van der Waals surface area (Å²) in [5, 5.41) is 0. The van der Waals surface area contributed by atoms with E-state index in [2.05, 4.69) is 16.5 Å². The first kappa shape index (κ1) is 17.4. The lowest BCUT2D eigenvalue weighted by molar-refractivity contribution is 0.254. The minimum Gasteiger partial charge on any atom is -0.488 e. The number of nitrogens with two attached hydrogens (primary N) is 2. The third-order valence-electron chi connectivity index (χ3n) is 3.84. The zero-order valence-corrected chi connectivity index (χ0v) is 14.3. The van der Waals surface area contributed by atoms with E-state index in [1.54, 1.807) is 24.3 Å². The van der Waals surface area contributed by atoms with Gasteiger partial charge in [-0.3, -0.25) is 4.57 Å². The number of fused-ring (bicyclic) bond motifs is 1. The SMILES string of the molecule is C=C/C=C\C1=C(/N)Cn2c(=O)[nH]c3c(N)nc(cc32)OCC/C=C/CO1. The minimum atomic E-state index is -0.340. The third kappa shape index (κ3) is 3.64. The minimum absolute atomic E-state index is 0.127. The molecular weight excluding hydrogens is 334 g/mol. The predicted molar refractivity (Wildman–Crippen MR) is 101 cm³/mol. The number of nitrogens with zero attached hydrogens (tertiary/aromatic N) is 2. The van der Waals surface area contributed by atoms with Crippen molar-refractivity contribution in [2.45, 2.75) is 13.0 Å². The molecule has 1 aliphatic rings. The van der Waals surface area contributed by atoms with Crippen molar-refractivity contribution in [2.75, 3.05) is 18.9 Å². The molecule has 3 heterocycles. The summed E-state index contributed by atoms with van der Waals surface area (Å²) in [5.74, 6) is 1.03. The van der Waals surface area contributed by atoms with Gasteiger partial charge >= 0.3 is 5.69 Å². The molecule has 0 saturated heterocycles. The summed E-state index contributed by atoms with van der Waals surface area (Å²) in [6, 6.07) is 1.67. The first-order chi connectivity index (χ1) is 12.6. The smallest absolute Gasteiger partial charge is 0.326 e. The highest BCUT2D eigenvalue weighted by Crippen LogP contribution is 2.22. The number of rotatable bonds is 2. The third-order valence-corrected chi connectivity index (χ3v) is 3.84. The van der Waals surface area contributed by atoms with E-state index in [1.807, 2.05) is 12.2 Å². The van der Waals surface area contributed by atoms with Gasteiger partial charge in [-0.05, 0) is 12.5 Å². The molecule has 2 aromatic heterocycles. The number of ether oxygens (including phenoxy) is 2. The zero-order valence-electron chi connectivity index (χ0n) is 14.3. The number of anilines is 1. The van der Waals surface area contributed by atoms with Gasteiger partial charge in [0.2, 0.25) is 5.88 Å². The number of hydrogen-bond donors (Lipinski definition) is 3. The van der Waals surface area contributed by atoms with Crippen LogP contribution in [0.15, 0.2) is 59.3 Å².